The zero-order valence-electron chi connectivity index (χ0n) is 8.01. The lowest BCUT2D eigenvalue weighted by molar-refractivity contribution is 0.579. The third kappa shape index (κ3) is 1.65. The van der Waals surface area contributed by atoms with Crippen LogP contribution in [0.4, 0.5) is 0 Å². The predicted octanol–water partition coefficient (Wildman–Crippen LogP) is 2.80. The van der Waals surface area contributed by atoms with Crippen LogP contribution < -0.4 is 5.32 Å². The van der Waals surface area contributed by atoms with Crippen LogP contribution in [0.15, 0.2) is 36.4 Å². The van der Waals surface area contributed by atoms with Gasteiger partial charge in [-0.2, -0.15) is 0 Å². The lowest BCUT2D eigenvalue weighted by Gasteiger charge is -2.11. The minimum absolute atomic E-state index is 0.494. The van der Waals surface area contributed by atoms with Crippen molar-refractivity contribution in [2.75, 3.05) is 0 Å². The van der Waals surface area contributed by atoms with Gasteiger partial charge in [-0.25, -0.2) is 0 Å². The summed E-state index contributed by atoms with van der Waals surface area (Å²) in [6.45, 7) is 7.05. The highest BCUT2D eigenvalue weighted by molar-refractivity contribution is 5.34. The highest BCUT2D eigenvalue weighted by Crippen LogP contribution is 2.28. The molecular formula is C12H15N. The van der Waals surface area contributed by atoms with Crippen LogP contribution in [0, 0.1) is 0 Å². The first-order valence-corrected chi connectivity index (χ1v) is 4.73. The second-order valence-electron chi connectivity index (χ2n) is 3.79. The van der Waals surface area contributed by atoms with Crippen LogP contribution in [-0.4, -0.2) is 0 Å². The van der Waals surface area contributed by atoms with Crippen molar-refractivity contribution in [3.8, 4) is 0 Å². The second kappa shape index (κ2) is 3.35. The molecule has 0 saturated carbocycles. The highest BCUT2D eigenvalue weighted by atomic mass is 14.9. The van der Waals surface area contributed by atoms with Gasteiger partial charge in [-0.1, -0.05) is 29.8 Å². The van der Waals surface area contributed by atoms with E-state index in [1.165, 1.54) is 16.7 Å². The Morgan fingerprint density at radius 3 is 3.08 bits per heavy atom. The van der Waals surface area contributed by atoms with Gasteiger partial charge in [0, 0.05) is 12.6 Å². The van der Waals surface area contributed by atoms with Crippen LogP contribution in [-0.2, 0) is 6.54 Å². The van der Waals surface area contributed by atoms with Crippen LogP contribution in [0.25, 0.3) is 0 Å². The van der Waals surface area contributed by atoms with Gasteiger partial charge in [-0.15, -0.1) is 6.58 Å². The molecule has 2 rings (SSSR count). The van der Waals surface area contributed by atoms with Gasteiger partial charge in [0.2, 0.25) is 0 Å². The van der Waals surface area contributed by atoms with E-state index in [4.69, 9.17) is 0 Å². The monoisotopic (exact) mass is 173 g/mol. The molecule has 0 spiro atoms. The maximum absolute atomic E-state index is 3.95. The third-order valence-electron chi connectivity index (χ3n) is 2.52. The van der Waals surface area contributed by atoms with E-state index in [1.54, 1.807) is 0 Å². The van der Waals surface area contributed by atoms with E-state index in [0.29, 0.717) is 6.04 Å². The summed E-state index contributed by atoms with van der Waals surface area (Å²) < 4.78 is 0. The predicted molar refractivity (Wildman–Crippen MR) is 55.5 cm³/mol. The number of benzene rings is 1. The first-order valence-electron chi connectivity index (χ1n) is 4.73. The van der Waals surface area contributed by atoms with E-state index in [-0.39, 0.29) is 0 Å². The summed E-state index contributed by atoms with van der Waals surface area (Å²) in [5, 5.41) is 3.49. The van der Waals surface area contributed by atoms with Crippen LogP contribution in [0.5, 0.6) is 0 Å². The molecule has 1 aromatic rings. The Balaban J connectivity index is 2.23. The number of fused-ring (bicyclic) bond motifs is 1. The molecule has 1 aliphatic rings. The van der Waals surface area contributed by atoms with Crippen molar-refractivity contribution < 1.29 is 0 Å². The summed E-state index contributed by atoms with van der Waals surface area (Å²) >= 11 is 0. The Morgan fingerprint density at radius 2 is 2.31 bits per heavy atom. The van der Waals surface area contributed by atoms with E-state index in [1.807, 2.05) is 0 Å². The molecule has 0 aliphatic carbocycles. The third-order valence-corrected chi connectivity index (χ3v) is 2.52. The van der Waals surface area contributed by atoms with Crippen molar-refractivity contribution in [1.29, 1.82) is 0 Å². The largest absolute Gasteiger partial charge is 0.306 e. The quantitative estimate of drug-likeness (QED) is 0.678. The van der Waals surface area contributed by atoms with Crippen molar-refractivity contribution >= 4 is 0 Å². The fraction of sp³-hybridized carbons (Fsp3) is 0.333. The first-order chi connectivity index (χ1) is 6.27. The molecule has 1 nitrogen and oxygen atoms in total. The van der Waals surface area contributed by atoms with Gasteiger partial charge in [0.25, 0.3) is 0 Å². The Labute approximate surface area is 79.5 Å². The molecule has 0 saturated heterocycles. The number of hydrogen-bond acceptors (Lipinski definition) is 1. The smallest absolute Gasteiger partial charge is 0.0363 e. The fourth-order valence-electron chi connectivity index (χ4n) is 1.91. The average molecular weight is 173 g/mol. The van der Waals surface area contributed by atoms with Crippen molar-refractivity contribution in [3.05, 3.63) is 47.5 Å². The molecule has 68 valence electrons. The molecule has 1 heteroatoms. The van der Waals surface area contributed by atoms with E-state index >= 15 is 0 Å². The van der Waals surface area contributed by atoms with E-state index in [0.717, 1.165) is 13.0 Å². The lowest BCUT2D eigenvalue weighted by Crippen LogP contribution is -2.11. The first kappa shape index (κ1) is 8.52. The zero-order chi connectivity index (χ0) is 9.26. The van der Waals surface area contributed by atoms with Crippen LogP contribution in [0.1, 0.15) is 30.5 Å². The molecule has 1 heterocycles. The second-order valence-corrected chi connectivity index (χ2v) is 3.79. The van der Waals surface area contributed by atoms with Gasteiger partial charge in [-0.05, 0) is 24.5 Å². The van der Waals surface area contributed by atoms with Crippen LogP contribution >= 0.6 is 0 Å². The van der Waals surface area contributed by atoms with Gasteiger partial charge in [-0.3, -0.25) is 0 Å². The van der Waals surface area contributed by atoms with Gasteiger partial charge in [0.15, 0.2) is 0 Å². The molecule has 0 bridgehead atoms. The van der Waals surface area contributed by atoms with Crippen molar-refractivity contribution in [2.45, 2.75) is 25.9 Å². The van der Waals surface area contributed by atoms with Gasteiger partial charge >= 0.3 is 0 Å². The molecule has 0 amide bonds. The summed E-state index contributed by atoms with van der Waals surface area (Å²) in [7, 11) is 0. The minimum Gasteiger partial charge on any atom is -0.306 e. The van der Waals surface area contributed by atoms with Crippen LogP contribution in [0.2, 0.25) is 0 Å². The molecule has 1 aliphatic heterocycles. The van der Waals surface area contributed by atoms with Gasteiger partial charge < -0.3 is 5.32 Å². The molecule has 1 unspecified atom stereocenters. The molecule has 1 aromatic carbocycles. The Hall–Kier alpha value is -1.08. The molecule has 13 heavy (non-hydrogen) atoms. The summed E-state index contributed by atoms with van der Waals surface area (Å²) in [6, 6.07) is 9.11. The Bertz CT molecular complexity index is 328. The topological polar surface area (TPSA) is 12.0 Å². The van der Waals surface area contributed by atoms with Gasteiger partial charge in [0.1, 0.15) is 0 Å². The van der Waals surface area contributed by atoms with Gasteiger partial charge in [0.05, 0.1) is 0 Å². The molecule has 1 atom stereocenters. The van der Waals surface area contributed by atoms with Crippen molar-refractivity contribution in [1.82, 2.24) is 5.32 Å². The summed E-state index contributed by atoms with van der Waals surface area (Å²) in [6.07, 6.45) is 1.05. The maximum Gasteiger partial charge on any atom is 0.0363 e. The molecule has 0 aromatic heterocycles. The number of hydrogen-bond donors (Lipinski definition) is 1. The van der Waals surface area contributed by atoms with E-state index in [9.17, 15) is 0 Å². The van der Waals surface area contributed by atoms with Crippen molar-refractivity contribution in [2.24, 2.45) is 0 Å². The number of rotatable bonds is 2. The SMILES string of the molecule is C=C(C)CC1NCc2ccccc21. The van der Waals surface area contributed by atoms with Crippen LogP contribution in [0.3, 0.4) is 0 Å². The summed E-state index contributed by atoms with van der Waals surface area (Å²) in [5.41, 5.74) is 4.13. The molecule has 1 N–H and O–H groups in total. The normalized spacial score (nSPS) is 19.9. The minimum atomic E-state index is 0.494. The zero-order valence-corrected chi connectivity index (χ0v) is 8.01. The molecule has 0 radical (unpaired) electrons. The number of nitrogens with one attached hydrogen (secondary N) is 1. The van der Waals surface area contributed by atoms with E-state index in [2.05, 4.69) is 43.1 Å². The average Bonchev–Trinajstić information content (AvgIpc) is 2.48. The Kier molecular flexibility index (Phi) is 2.19. The highest BCUT2D eigenvalue weighted by Gasteiger charge is 2.20. The fourth-order valence-corrected chi connectivity index (χ4v) is 1.91. The summed E-state index contributed by atoms with van der Waals surface area (Å²) in [4.78, 5) is 0. The standard InChI is InChI=1S/C12H15N/c1-9(2)7-12-11-6-4-3-5-10(11)8-13-12/h3-6,12-13H,1,7-8H2,2H3. The maximum atomic E-state index is 3.95. The molecule has 0 fully saturated rings. The lowest BCUT2D eigenvalue weighted by atomic mass is 10.0. The van der Waals surface area contributed by atoms with Crippen molar-refractivity contribution in [3.63, 3.8) is 0 Å². The van der Waals surface area contributed by atoms with E-state index < -0.39 is 0 Å². The molecular weight excluding hydrogens is 158 g/mol. The summed E-state index contributed by atoms with van der Waals surface area (Å²) in [5.74, 6) is 0. The Morgan fingerprint density at radius 1 is 1.54 bits per heavy atom.